The molecule has 168 valence electrons. The van der Waals surface area contributed by atoms with Gasteiger partial charge >= 0.3 is 5.97 Å². The maximum atomic E-state index is 13.2. The van der Waals surface area contributed by atoms with E-state index in [1.165, 1.54) is 14.2 Å². The predicted molar refractivity (Wildman–Crippen MR) is 120 cm³/mol. The van der Waals surface area contributed by atoms with Gasteiger partial charge in [-0.1, -0.05) is 48.5 Å². The number of hydrogen-bond acceptors (Lipinski definition) is 6. The SMILES string of the molecule is COc1ccc(C(CN2C(=O)c3ccccc3C2=O)C(=O)OCc2ccccc2)cc1OC. The Morgan fingerprint density at radius 3 is 2.03 bits per heavy atom. The number of nitrogens with zero attached hydrogens (tertiary/aromatic N) is 1. The average molecular weight is 445 g/mol. The van der Waals surface area contributed by atoms with Gasteiger partial charge < -0.3 is 14.2 Å². The molecule has 33 heavy (non-hydrogen) atoms. The molecule has 0 aromatic heterocycles. The monoisotopic (exact) mass is 445 g/mol. The molecule has 2 amide bonds. The number of carbonyl (C=O) groups excluding carboxylic acids is 3. The van der Waals surface area contributed by atoms with Crippen molar-refractivity contribution in [2.24, 2.45) is 0 Å². The Kier molecular flexibility index (Phi) is 6.40. The zero-order valence-corrected chi connectivity index (χ0v) is 18.3. The van der Waals surface area contributed by atoms with Crippen LogP contribution in [0, 0.1) is 0 Å². The fraction of sp³-hybridized carbons (Fsp3) is 0.192. The number of amides is 2. The van der Waals surface area contributed by atoms with E-state index < -0.39 is 23.7 Å². The highest BCUT2D eigenvalue weighted by Gasteiger charge is 2.38. The maximum absolute atomic E-state index is 13.2. The minimum atomic E-state index is -0.907. The first-order valence-electron chi connectivity index (χ1n) is 10.4. The van der Waals surface area contributed by atoms with Crippen molar-refractivity contribution < 1.29 is 28.6 Å². The molecule has 0 aliphatic carbocycles. The molecule has 0 fully saturated rings. The van der Waals surface area contributed by atoms with E-state index in [0.717, 1.165) is 10.5 Å². The van der Waals surface area contributed by atoms with Gasteiger partial charge in [0.25, 0.3) is 11.8 Å². The third-order valence-corrected chi connectivity index (χ3v) is 5.56. The number of esters is 1. The van der Waals surface area contributed by atoms with Crippen LogP contribution in [0.15, 0.2) is 72.8 Å². The molecule has 3 aromatic carbocycles. The van der Waals surface area contributed by atoms with E-state index in [4.69, 9.17) is 14.2 Å². The van der Waals surface area contributed by atoms with Gasteiger partial charge in [-0.05, 0) is 35.4 Å². The van der Waals surface area contributed by atoms with Crippen LogP contribution in [0.1, 0.15) is 37.8 Å². The van der Waals surface area contributed by atoms with Crippen molar-refractivity contribution in [3.05, 3.63) is 95.1 Å². The molecular formula is C26H23NO6. The van der Waals surface area contributed by atoms with Gasteiger partial charge in [-0.2, -0.15) is 0 Å². The molecule has 0 bridgehead atoms. The molecule has 0 saturated heterocycles. The van der Waals surface area contributed by atoms with E-state index in [-0.39, 0.29) is 13.2 Å². The molecule has 1 heterocycles. The standard InChI is InChI=1S/C26H23NO6/c1-31-22-13-12-18(14-23(22)32-2)21(26(30)33-16-17-8-4-3-5-9-17)15-27-24(28)19-10-6-7-11-20(19)25(27)29/h3-14,21H,15-16H2,1-2H3. The number of rotatable bonds is 8. The van der Waals surface area contributed by atoms with Crippen molar-refractivity contribution in [2.45, 2.75) is 12.5 Å². The van der Waals surface area contributed by atoms with Gasteiger partial charge in [0.1, 0.15) is 12.5 Å². The summed E-state index contributed by atoms with van der Waals surface area (Å²) in [7, 11) is 3.01. The number of imide groups is 1. The molecular weight excluding hydrogens is 422 g/mol. The van der Waals surface area contributed by atoms with E-state index in [1.807, 2.05) is 30.3 Å². The molecule has 7 nitrogen and oxygen atoms in total. The molecule has 0 radical (unpaired) electrons. The van der Waals surface area contributed by atoms with Crippen molar-refractivity contribution in [2.75, 3.05) is 20.8 Å². The van der Waals surface area contributed by atoms with Crippen LogP contribution in [0.3, 0.4) is 0 Å². The molecule has 0 saturated carbocycles. The van der Waals surface area contributed by atoms with Crippen LogP contribution in [0.25, 0.3) is 0 Å². The lowest BCUT2D eigenvalue weighted by molar-refractivity contribution is -0.147. The fourth-order valence-electron chi connectivity index (χ4n) is 3.80. The molecule has 4 rings (SSSR count). The largest absolute Gasteiger partial charge is 0.493 e. The fourth-order valence-corrected chi connectivity index (χ4v) is 3.80. The first-order valence-corrected chi connectivity index (χ1v) is 10.4. The quantitative estimate of drug-likeness (QED) is 0.387. The van der Waals surface area contributed by atoms with Gasteiger partial charge in [0, 0.05) is 6.54 Å². The second kappa shape index (κ2) is 9.56. The Hall–Kier alpha value is -4.13. The summed E-state index contributed by atoms with van der Waals surface area (Å²) in [5.74, 6) is -1.40. The third kappa shape index (κ3) is 4.43. The van der Waals surface area contributed by atoms with Crippen LogP contribution >= 0.6 is 0 Å². The van der Waals surface area contributed by atoms with Gasteiger partial charge in [-0.15, -0.1) is 0 Å². The van der Waals surface area contributed by atoms with Crippen molar-refractivity contribution in [3.8, 4) is 11.5 Å². The van der Waals surface area contributed by atoms with Gasteiger partial charge in [-0.3, -0.25) is 19.3 Å². The molecule has 0 N–H and O–H groups in total. The van der Waals surface area contributed by atoms with E-state index in [9.17, 15) is 14.4 Å². The van der Waals surface area contributed by atoms with E-state index >= 15 is 0 Å². The van der Waals surface area contributed by atoms with Crippen molar-refractivity contribution in [3.63, 3.8) is 0 Å². The Labute approximate surface area is 191 Å². The Bertz CT molecular complexity index is 1160. The van der Waals surface area contributed by atoms with Crippen LogP contribution in [0.4, 0.5) is 0 Å². The van der Waals surface area contributed by atoms with Crippen molar-refractivity contribution >= 4 is 17.8 Å². The summed E-state index contributed by atoms with van der Waals surface area (Å²) in [5, 5.41) is 0. The molecule has 3 aromatic rings. The van der Waals surface area contributed by atoms with Gasteiger partial charge in [0.2, 0.25) is 0 Å². The predicted octanol–water partition coefficient (Wildman–Crippen LogP) is 3.83. The van der Waals surface area contributed by atoms with E-state index in [0.29, 0.717) is 28.2 Å². The van der Waals surface area contributed by atoms with Crippen LogP contribution in [0.5, 0.6) is 11.5 Å². The zero-order valence-electron chi connectivity index (χ0n) is 18.3. The van der Waals surface area contributed by atoms with Crippen LogP contribution in [-0.4, -0.2) is 43.4 Å². The summed E-state index contributed by atoms with van der Waals surface area (Å²) >= 11 is 0. The highest BCUT2D eigenvalue weighted by molar-refractivity contribution is 6.21. The van der Waals surface area contributed by atoms with Crippen molar-refractivity contribution in [1.82, 2.24) is 4.90 Å². The number of carbonyl (C=O) groups is 3. The van der Waals surface area contributed by atoms with Crippen LogP contribution in [-0.2, 0) is 16.1 Å². The lowest BCUT2D eigenvalue weighted by Gasteiger charge is -2.22. The second-order valence-corrected chi connectivity index (χ2v) is 7.53. The maximum Gasteiger partial charge on any atom is 0.315 e. The van der Waals surface area contributed by atoms with Crippen LogP contribution in [0.2, 0.25) is 0 Å². The number of hydrogen-bond donors (Lipinski definition) is 0. The Morgan fingerprint density at radius 2 is 1.42 bits per heavy atom. The Balaban J connectivity index is 1.64. The number of methoxy groups -OCH3 is 2. The molecule has 1 aliphatic rings. The van der Waals surface area contributed by atoms with Crippen molar-refractivity contribution in [1.29, 1.82) is 0 Å². The molecule has 0 spiro atoms. The zero-order chi connectivity index (χ0) is 23.4. The minimum Gasteiger partial charge on any atom is -0.493 e. The second-order valence-electron chi connectivity index (χ2n) is 7.53. The lowest BCUT2D eigenvalue weighted by Crippen LogP contribution is -2.36. The Morgan fingerprint density at radius 1 is 0.818 bits per heavy atom. The normalized spacial score (nSPS) is 13.5. The molecule has 1 aliphatic heterocycles. The summed E-state index contributed by atoms with van der Waals surface area (Å²) in [6.45, 7) is -0.0823. The van der Waals surface area contributed by atoms with E-state index in [2.05, 4.69) is 0 Å². The van der Waals surface area contributed by atoms with Gasteiger partial charge in [-0.25, -0.2) is 0 Å². The molecule has 1 atom stereocenters. The number of fused-ring (bicyclic) bond motifs is 1. The van der Waals surface area contributed by atoms with Crippen LogP contribution < -0.4 is 9.47 Å². The highest BCUT2D eigenvalue weighted by atomic mass is 16.5. The topological polar surface area (TPSA) is 82.1 Å². The average Bonchev–Trinajstić information content (AvgIpc) is 3.10. The summed E-state index contributed by atoms with van der Waals surface area (Å²) in [5.41, 5.74) is 2.03. The smallest absolute Gasteiger partial charge is 0.315 e. The molecule has 1 unspecified atom stereocenters. The third-order valence-electron chi connectivity index (χ3n) is 5.56. The summed E-state index contributed by atoms with van der Waals surface area (Å²) in [6, 6.07) is 20.9. The summed E-state index contributed by atoms with van der Waals surface area (Å²) in [6.07, 6.45) is 0. The number of ether oxygens (including phenoxy) is 3. The first-order chi connectivity index (χ1) is 16.0. The van der Waals surface area contributed by atoms with E-state index in [1.54, 1.807) is 42.5 Å². The number of benzene rings is 3. The lowest BCUT2D eigenvalue weighted by atomic mass is 9.97. The summed E-state index contributed by atoms with van der Waals surface area (Å²) < 4.78 is 16.2. The molecule has 7 heteroatoms. The van der Waals surface area contributed by atoms with Gasteiger partial charge in [0.05, 0.1) is 25.3 Å². The highest BCUT2D eigenvalue weighted by Crippen LogP contribution is 2.33. The minimum absolute atomic E-state index is 0.0750. The summed E-state index contributed by atoms with van der Waals surface area (Å²) in [4.78, 5) is 40.1. The van der Waals surface area contributed by atoms with Gasteiger partial charge in [0.15, 0.2) is 11.5 Å². The first kappa shape index (κ1) is 22.1.